The van der Waals surface area contributed by atoms with Gasteiger partial charge in [-0.2, -0.15) is 0 Å². The molecule has 0 amide bonds. The van der Waals surface area contributed by atoms with Crippen molar-refractivity contribution in [2.75, 3.05) is 0 Å². The molecule has 17 heavy (non-hydrogen) atoms. The van der Waals surface area contributed by atoms with Crippen molar-refractivity contribution in [3.8, 4) is 0 Å². The zero-order valence-electron chi connectivity index (χ0n) is 11.6. The zero-order valence-corrected chi connectivity index (χ0v) is 11.6. The summed E-state index contributed by atoms with van der Waals surface area (Å²) in [5, 5.41) is 0. The summed E-state index contributed by atoms with van der Waals surface area (Å²) in [7, 11) is 0. The molecule has 2 unspecified atom stereocenters. The van der Waals surface area contributed by atoms with Crippen molar-refractivity contribution in [1.82, 2.24) is 0 Å². The van der Waals surface area contributed by atoms with Gasteiger partial charge in [-0.3, -0.25) is 4.79 Å². The molecule has 0 aromatic carbocycles. The molecule has 96 valence electrons. The molecule has 2 heteroatoms. The van der Waals surface area contributed by atoms with Gasteiger partial charge >= 0.3 is 5.97 Å². The molecule has 1 saturated carbocycles. The Morgan fingerprint density at radius 1 is 1.53 bits per heavy atom. The van der Waals surface area contributed by atoms with Crippen LogP contribution in [0.15, 0.2) is 11.6 Å². The highest BCUT2D eigenvalue weighted by atomic mass is 16.5. The molecule has 0 heterocycles. The normalized spacial score (nSPS) is 34.0. The Morgan fingerprint density at radius 2 is 2.18 bits per heavy atom. The third-order valence-corrected chi connectivity index (χ3v) is 4.51. The van der Waals surface area contributed by atoms with E-state index in [1.54, 1.807) is 0 Å². The molecule has 2 nitrogen and oxygen atoms in total. The van der Waals surface area contributed by atoms with Gasteiger partial charge in [0.2, 0.25) is 0 Å². The maximum atomic E-state index is 11.8. The molecule has 0 radical (unpaired) electrons. The summed E-state index contributed by atoms with van der Waals surface area (Å²) in [5.41, 5.74) is 1.71. The number of esters is 1. The molecule has 0 saturated heterocycles. The Bertz CT molecular complexity index is 352. The molecule has 0 aliphatic heterocycles. The third-order valence-electron chi connectivity index (χ3n) is 4.51. The number of fused-ring (bicyclic) bond motifs is 1. The van der Waals surface area contributed by atoms with Gasteiger partial charge in [0.05, 0.1) is 0 Å². The SMILES string of the molecule is CC1=CCC2[C@@H](OC(=O)CC(C)C)C1C2(C)C. The highest BCUT2D eigenvalue weighted by Crippen LogP contribution is 2.60. The van der Waals surface area contributed by atoms with Gasteiger partial charge in [-0.25, -0.2) is 0 Å². The van der Waals surface area contributed by atoms with Gasteiger partial charge in [0, 0.05) is 18.3 Å². The lowest BCUT2D eigenvalue weighted by Crippen LogP contribution is -2.61. The summed E-state index contributed by atoms with van der Waals surface area (Å²) in [5.74, 6) is 1.32. The van der Waals surface area contributed by atoms with Crippen molar-refractivity contribution < 1.29 is 9.53 Å². The lowest BCUT2D eigenvalue weighted by atomic mass is 9.47. The molecule has 1 fully saturated rings. The van der Waals surface area contributed by atoms with Crippen LogP contribution in [0.25, 0.3) is 0 Å². The first-order chi connectivity index (χ1) is 7.84. The van der Waals surface area contributed by atoms with Crippen molar-refractivity contribution in [3.05, 3.63) is 11.6 Å². The first kappa shape index (κ1) is 12.7. The molecular formula is C15H24O2. The van der Waals surface area contributed by atoms with Crippen LogP contribution in [0, 0.1) is 23.2 Å². The van der Waals surface area contributed by atoms with E-state index in [0.29, 0.717) is 29.6 Å². The second-order valence-electron chi connectivity index (χ2n) is 6.64. The van der Waals surface area contributed by atoms with Gasteiger partial charge in [-0.05, 0) is 24.7 Å². The number of carbonyl (C=O) groups excluding carboxylic acids is 1. The van der Waals surface area contributed by atoms with E-state index in [1.807, 2.05) is 0 Å². The number of hydrogen-bond donors (Lipinski definition) is 0. The first-order valence-electron chi connectivity index (χ1n) is 6.70. The molecule has 0 spiro atoms. The van der Waals surface area contributed by atoms with Crippen molar-refractivity contribution in [1.29, 1.82) is 0 Å². The molecule has 2 bridgehead atoms. The topological polar surface area (TPSA) is 26.3 Å². The monoisotopic (exact) mass is 236 g/mol. The highest BCUT2D eigenvalue weighted by molar-refractivity contribution is 5.70. The molecule has 0 N–H and O–H groups in total. The fraction of sp³-hybridized carbons (Fsp3) is 0.800. The first-order valence-corrected chi connectivity index (χ1v) is 6.70. The summed E-state index contributed by atoms with van der Waals surface area (Å²) in [6.07, 6.45) is 4.06. The lowest BCUT2D eigenvalue weighted by molar-refractivity contribution is -0.192. The van der Waals surface area contributed by atoms with Gasteiger partial charge in [0.1, 0.15) is 6.10 Å². The van der Waals surface area contributed by atoms with Gasteiger partial charge in [-0.15, -0.1) is 0 Å². The van der Waals surface area contributed by atoms with Gasteiger partial charge in [0.15, 0.2) is 0 Å². The maximum Gasteiger partial charge on any atom is 0.306 e. The van der Waals surface area contributed by atoms with E-state index in [0.717, 1.165) is 6.42 Å². The Hall–Kier alpha value is -0.790. The van der Waals surface area contributed by atoms with Gasteiger partial charge < -0.3 is 4.74 Å². The second-order valence-corrected chi connectivity index (χ2v) is 6.64. The summed E-state index contributed by atoms with van der Waals surface area (Å²) in [6.45, 7) is 10.9. The minimum atomic E-state index is -0.0230. The quantitative estimate of drug-likeness (QED) is 0.553. The number of rotatable bonds is 3. The van der Waals surface area contributed by atoms with E-state index < -0.39 is 0 Å². The van der Waals surface area contributed by atoms with Crippen molar-refractivity contribution in [2.45, 2.75) is 53.6 Å². The van der Waals surface area contributed by atoms with Gasteiger partial charge in [-0.1, -0.05) is 39.3 Å². The van der Waals surface area contributed by atoms with Crippen LogP contribution in [-0.4, -0.2) is 12.1 Å². The van der Waals surface area contributed by atoms with E-state index in [1.165, 1.54) is 5.57 Å². The smallest absolute Gasteiger partial charge is 0.306 e. The van der Waals surface area contributed by atoms with Crippen molar-refractivity contribution in [2.24, 2.45) is 23.2 Å². The van der Waals surface area contributed by atoms with E-state index in [9.17, 15) is 4.79 Å². The van der Waals surface area contributed by atoms with Gasteiger partial charge in [0.25, 0.3) is 0 Å². The molecule has 3 aliphatic rings. The van der Waals surface area contributed by atoms with Crippen LogP contribution in [0.5, 0.6) is 0 Å². The molecule has 0 aromatic heterocycles. The number of hydrogen-bond acceptors (Lipinski definition) is 2. The predicted octanol–water partition coefficient (Wildman–Crippen LogP) is 3.57. The van der Waals surface area contributed by atoms with Crippen molar-refractivity contribution >= 4 is 5.97 Å². The van der Waals surface area contributed by atoms with E-state index in [-0.39, 0.29) is 12.1 Å². The standard InChI is InChI=1S/C15H24O2/c1-9(2)8-12(16)17-14-11-7-6-10(3)13(14)15(11,4)5/h6,9,11,13-14H,7-8H2,1-5H3/t11?,13?,14-/m1/s1. The summed E-state index contributed by atoms with van der Waals surface area (Å²) < 4.78 is 5.69. The molecule has 3 atom stereocenters. The van der Waals surface area contributed by atoms with Crippen LogP contribution >= 0.6 is 0 Å². The maximum absolute atomic E-state index is 11.8. The average molecular weight is 236 g/mol. The summed E-state index contributed by atoms with van der Waals surface area (Å²) in [6, 6.07) is 0. The summed E-state index contributed by atoms with van der Waals surface area (Å²) >= 11 is 0. The Morgan fingerprint density at radius 3 is 2.65 bits per heavy atom. The Balaban J connectivity index is 2.02. The lowest BCUT2D eigenvalue weighted by Gasteiger charge is -2.60. The van der Waals surface area contributed by atoms with Crippen LogP contribution in [0.1, 0.15) is 47.5 Å². The molecule has 3 rings (SSSR count). The van der Waals surface area contributed by atoms with Crippen LogP contribution in [0.2, 0.25) is 0 Å². The number of ether oxygens (including phenoxy) is 1. The zero-order chi connectivity index (χ0) is 12.8. The largest absolute Gasteiger partial charge is 0.461 e. The summed E-state index contributed by atoms with van der Waals surface area (Å²) in [4.78, 5) is 11.8. The molecule has 3 aliphatic carbocycles. The number of allylic oxidation sites excluding steroid dienone is 1. The van der Waals surface area contributed by atoms with E-state index >= 15 is 0 Å². The number of carbonyl (C=O) groups is 1. The third kappa shape index (κ3) is 2.02. The van der Waals surface area contributed by atoms with E-state index in [2.05, 4.69) is 40.7 Å². The fourth-order valence-corrected chi connectivity index (χ4v) is 3.60. The van der Waals surface area contributed by atoms with E-state index in [4.69, 9.17) is 4.74 Å². The van der Waals surface area contributed by atoms with Crippen LogP contribution in [-0.2, 0) is 9.53 Å². The predicted molar refractivity (Wildman–Crippen MR) is 68.5 cm³/mol. The average Bonchev–Trinajstić information content (AvgIpc) is 2.14. The molecule has 0 aromatic rings. The minimum Gasteiger partial charge on any atom is -0.461 e. The van der Waals surface area contributed by atoms with Crippen molar-refractivity contribution in [3.63, 3.8) is 0 Å². The molecular weight excluding hydrogens is 212 g/mol. The minimum absolute atomic E-state index is 0.0230. The Labute approximate surface area is 104 Å². The fourth-order valence-electron chi connectivity index (χ4n) is 3.60. The van der Waals surface area contributed by atoms with Crippen LogP contribution in [0.3, 0.4) is 0 Å². The van der Waals surface area contributed by atoms with Crippen LogP contribution < -0.4 is 0 Å². The second kappa shape index (κ2) is 4.15. The highest BCUT2D eigenvalue weighted by Gasteiger charge is 2.60. The van der Waals surface area contributed by atoms with Crippen LogP contribution in [0.4, 0.5) is 0 Å². The Kier molecular flexibility index (Phi) is 3.09.